The van der Waals surface area contributed by atoms with Gasteiger partial charge in [0.1, 0.15) is 24.2 Å². The molecule has 2 rings (SSSR count). The van der Waals surface area contributed by atoms with Gasteiger partial charge in [-0.2, -0.15) is 0 Å². The van der Waals surface area contributed by atoms with Crippen LogP contribution in [-0.2, 0) is 30.4 Å². The van der Waals surface area contributed by atoms with Crippen LogP contribution in [0.1, 0.15) is 74.4 Å². The summed E-state index contributed by atoms with van der Waals surface area (Å²) in [4.78, 5) is 81.2. The SMILES string of the molecule is CC(=O)N[C@@H](CCCN=C(N)N)C(=O)N[C@@H](CCCCN)C(=O)N[C@H](C(=O)N[C@@H](Cc1ccc(C(=O)c2ccccc2)cc1)C(N)=O)C(C)C. The Balaban J connectivity index is 2.16. The van der Waals surface area contributed by atoms with Gasteiger partial charge in [-0.3, -0.25) is 33.8 Å². The molecular formula is C35H51N9O6. The maximum absolute atomic E-state index is 13.6. The summed E-state index contributed by atoms with van der Waals surface area (Å²) >= 11 is 0. The molecule has 0 spiro atoms. The molecule has 15 nitrogen and oxygen atoms in total. The highest BCUT2D eigenvalue weighted by atomic mass is 16.2. The molecule has 15 heteroatoms. The Kier molecular flexibility index (Phi) is 17.1. The molecule has 0 aliphatic heterocycles. The average Bonchev–Trinajstić information content (AvgIpc) is 3.07. The topological polar surface area (TPSA) is 267 Å². The highest BCUT2D eigenvalue weighted by Gasteiger charge is 2.32. The third-order valence-electron chi connectivity index (χ3n) is 7.82. The second-order valence-electron chi connectivity index (χ2n) is 12.3. The van der Waals surface area contributed by atoms with Gasteiger partial charge in [-0.05, 0) is 50.1 Å². The molecule has 50 heavy (non-hydrogen) atoms. The molecule has 0 saturated carbocycles. The normalized spacial score (nSPS) is 13.2. The van der Waals surface area contributed by atoms with E-state index >= 15 is 0 Å². The van der Waals surface area contributed by atoms with Crippen molar-refractivity contribution in [2.75, 3.05) is 13.1 Å². The lowest BCUT2D eigenvalue weighted by atomic mass is 9.98. The Bertz CT molecular complexity index is 1480. The Labute approximate surface area is 292 Å². The maximum Gasteiger partial charge on any atom is 0.243 e. The predicted octanol–water partition coefficient (Wildman–Crippen LogP) is -0.257. The van der Waals surface area contributed by atoms with Crippen LogP contribution in [0.3, 0.4) is 0 Å². The monoisotopic (exact) mass is 693 g/mol. The number of rotatable bonds is 21. The van der Waals surface area contributed by atoms with Crippen molar-refractivity contribution in [1.82, 2.24) is 21.3 Å². The second-order valence-corrected chi connectivity index (χ2v) is 12.3. The van der Waals surface area contributed by atoms with Crippen molar-refractivity contribution < 1.29 is 28.8 Å². The lowest BCUT2D eigenvalue weighted by Crippen LogP contribution is -2.59. The molecule has 5 amide bonds. The molecule has 0 unspecified atom stereocenters. The summed E-state index contributed by atoms with van der Waals surface area (Å²) in [5.41, 5.74) is 23.7. The van der Waals surface area contributed by atoms with Crippen molar-refractivity contribution in [3.63, 3.8) is 0 Å². The van der Waals surface area contributed by atoms with Crippen LogP contribution in [0, 0.1) is 5.92 Å². The fourth-order valence-corrected chi connectivity index (χ4v) is 5.11. The first-order valence-corrected chi connectivity index (χ1v) is 16.6. The van der Waals surface area contributed by atoms with Gasteiger partial charge >= 0.3 is 0 Å². The van der Waals surface area contributed by atoms with Gasteiger partial charge in [0.25, 0.3) is 0 Å². The van der Waals surface area contributed by atoms with Gasteiger partial charge < -0.3 is 44.2 Å². The third kappa shape index (κ3) is 14.0. The molecule has 0 heterocycles. The number of ketones is 1. The Morgan fingerprint density at radius 1 is 0.680 bits per heavy atom. The number of hydrogen-bond donors (Lipinski definition) is 8. The van der Waals surface area contributed by atoms with E-state index in [-0.39, 0.29) is 37.6 Å². The van der Waals surface area contributed by atoms with Crippen LogP contribution < -0.4 is 44.2 Å². The van der Waals surface area contributed by atoms with Crippen molar-refractivity contribution in [1.29, 1.82) is 0 Å². The first-order valence-electron chi connectivity index (χ1n) is 16.6. The molecule has 0 fully saturated rings. The van der Waals surface area contributed by atoms with Crippen LogP contribution in [0.15, 0.2) is 59.6 Å². The number of unbranched alkanes of at least 4 members (excludes halogenated alkanes) is 1. The minimum absolute atomic E-state index is 0.0468. The zero-order valence-electron chi connectivity index (χ0n) is 28.9. The Morgan fingerprint density at radius 3 is 1.80 bits per heavy atom. The Morgan fingerprint density at radius 2 is 1.24 bits per heavy atom. The van der Waals surface area contributed by atoms with Crippen LogP contribution in [0.4, 0.5) is 0 Å². The summed E-state index contributed by atoms with van der Waals surface area (Å²) in [7, 11) is 0. The number of benzene rings is 2. The van der Waals surface area contributed by atoms with E-state index in [2.05, 4.69) is 26.3 Å². The lowest BCUT2D eigenvalue weighted by molar-refractivity contribution is -0.135. The molecule has 0 aliphatic rings. The standard InChI is InChI=1S/C35H51N9O6/c1-21(2)29(34(50)43-28(31(37)47)20-23-14-16-25(17-15-23)30(46)24-10-5-4-6-11-24)44-33(49)27(12-7-8-18-36)42-32(48)26(41-22(3)45)13-9-19-40-35(38)39/h4-6,10-11,14-17,21,26-29H,7-9,12-13,18-20,36H2,1-3H3,(H2,37,47)(H,41,45)(H,42,48)(H,43,50)(H,44,49)(H4,38,39,40)/t26-,27-,28-,29-/m0/s1. The van der Waals surface area contributed by atoms with Crippen molar-refractivity contribution in [3.8, 4) is 0 Å². The summed E-state index contributed by atoms with van der Waals surface area (Å²) < 4.78 is 0. The highest BCUT2D eigenvalue weighted by Crippen LogP contribution is 2.13. The van der Waals surface area contributed by atoms with Gasteiger partial charge in [-0.25, -0.2) is 0 Å². The number of hydrogen-bond acceptors (Lipinski definition) is 8. The van der Waals surface area contributed by atoms with E-state index in [0.717, 1.165) is 0 Å². The summed E-state index contributed by atoms with van der Waals surface area (Å²) in [6, 6.07) is 11.2. The third-order valence-corrected chi connectivity index (χ3v) is 7.82. The number of carbonyl (C=O) groups excluding carboxylic acids is 6. The largest absolute Gasteiger partial charge is 0.370 e. The summed E-state index contributed by atoms with van der Waals surface area (Å²) in [6.45, 7) is 5.33. The summed E-state index contributed by atoms with van der Waals surface area (Å²) in [5, 5.41) is 10.7. The van der Waals surface area contributed by atoms with E-state index in [1.165, 1.54) is 6.92 Å². The smallest absolute Gasteiger partial charge is 0.243 e. The van der Waals surface area contributed by atoms with Crippen LogP contribution >= 0.6 is 0 Å². The van der Waals surface area contributed by atoms with Crippen molar-refractivity contribution in [3.05, 3.63) is 71.3 Å². The fourth-order valence-electron chi connectivity index (χ4n) is 5.11. The number of amides is 5. The van der Waals surface area contributed by atoms with Gasteiger partial charge in [-0.1, -0.05) is 68.4 Å². The van der Waals surface area contributed by atoms with E-state index < -0.39 is 59.6 Å². The van der Waals surface area contributed by atoms with Crippen molar-refractivity contribution in [2.24, 2.45) is 33.8 Å². The Hall–Kier alpha value is -5.31. The molecule has 0 bridgehead atoms. The zero-order valence-corrected chi connectivity index (χ0v) is 28.9. The summed E-state index contributed by atoms with van der Waals surface area (Å²) in [5.74, 6) is -3.75. The molecule has 0 radical (unpaired) electrons. The molecule has 4 atom stereocenters. The van der Waals surface area contributed by atoms with Gasteiger partial charge in [0.2, 0.25) is 29.5 Å². The first-order chi connectivity index (χ1) is 23.7. The van der Waals surface area contributed by atoms with Crippen LogP contribution in [0.5, 0.6) is 0 Å². The maximum atomic E-state index is 13.6. The summed E-state index contributed by atoms with van der Waals surface area (Å²) in [6.07, 6.45) is 1.94. The average molecular weight is 694 g/mol. The van der Waals surface area contributed by atoms with Gasteiger partial charge in [0, 0.05) is 31.0 Å². The fraction of sp³-hybridized carbons (Fsp3) is 0.457. The molecule has 0 aromatic heterocycles. The number of nitrogens with one attached hydrogen (secondary N) is 4. The van der Waals surface area contributed by atoms with Gasteiger partial charge in [0.05, 0.1) is 0 Å². The predicted molar refractivity (Wildman–Crippen MR) is 190 cm³/mol. The molecule has 0 saturated heterocycles. The number of nitrogens with zero attached hydrogens (tertiary/aromatic N) is 1. The number of primary amides is 1. The van der Waals surface area contributed by atoms with Crippen LogP contribution in [-0.4, -0.2) is 78.5 Å². The molecule has 0 aliphatic carbocycles. The van der Waals surface area contributed by atoms with Crippen molar-refractivity contribution in [2.45, 2.75) is 83.5 Å². The van der Waals surface area contributed by atoms with E-state index in [0.29, 0.717) is 42.5 Å². The van der Waals surface area contributed by atoms with E-state index in [9.17, 15) is 28.8 Å². The van der Waals surface area contributed by atoms with E-state index in [4.69, 9.17) is 22.9 Å². The minimum atomic E-state index is -1.12. The van der Waals surface area contributed by atoms with E-state index in [1.54, 1.807) is 62.4 Å². The zero-order chi connectivity index (χ0) is 37.2. The lowest BCUT2D eigenvalue weighted by Gasteiger charge is -2.28. The van der Waals surface area contributed by atoms with Gasteiger partial charge in [0.15, 0.2) is 11.7 Å². The van der Waals surface area contributed by atoms with Crippen LogP contribution in [0.2, 0.25) is 0 Å². The number of carbonyl (C=O) groups is 6. The number of aliphatic imine (C=N–C) groups is 1. The quantitative estimate of drug-likeness (QED) is 0.0370. The van der Waals surface area contributed by atoms with Crippen LogP contribution in [0.25, 0.3) is 0 Å². The first kappa shape index (κ1) is 40.9. The number of guanidine groups is 1. The molecule has 12 N–H and O–H groups in total. The minimum Gasteiger partial charge on any atom is -0.370 e. The second kappa shape index (κ2) is 20.9. The van der Waals surface area contributed by atoms with Crippen molar-refractivity contribution >= 4 is 41.3 Å². The molecule has 2 aromatic carbocycles. The highest BCUT2D eigenvalue weighted by molar-refractivity contribution is 6.09. The molecule has 2 aromatic rings. The number of nitrogens with two attached hydrogens (primary N) is 4. The molecule has 272 valence electrons. The molecular weight excluding hydrogens is 642 g/mol. The van der Waals surface area contributed by atoms with E-state index in [1.807, 2.05) is 6.07 Å². The van der Waals surface area contributed by atoms with Gasteiger partial charge in [-0.15, -0.1) is 0 Å².